The number of esters is 1. The topological polar surface area (TPSA) is 90.4 Å². The molecule has 41 heavy (non-hydrogen) atoms. The minimum atomic E-state index is -0.945. The van der Waals surface area contributed by atoms with Crippen LogP contribution in [0.15, 0.2) is 48.6 Å². The van der Waals surface area contributed by atoms with Gasteiger partial charge in [0.15, 0.2) is 0 Å². The minimum absolute atomic E-state index is 0.0849. The third kappa shape index (κ3) is 5.09. The van der Waals surface area contributed by atoms with Crippen LogP contribution in [-0.4, -0.2) is 82.7 Å². The van der Waals surface area contributed by atoms with Crippen LogP contribution in [-0.2, 0) is 19.1 Å². The summed E-state index contributed by atoms with van der Waals surface area (Å²) in [6.45, 7) is 10.3. The number of nitrogens with zero attached hydrogens (tertiary/aromatic N) is 3. The Labute approximate surface area is 247 Å². The number of likely N-dealkylation sites (tertiary alicyclic amines) is 1. The fourth-order valence-corrected chi connectivity index (χ4v) is 8.99. The van der Waals surface area contributed by atoms with Gasteiger partial charge in [-0.3, -0.25) is 14.4 Å². The number of cyclic esters (lactones) is 1. The number of thioether (sulfide) groups is 1. The predicted octanol–water partition coefficient (Wildman–Crippen LogP) is 4.03. The third-order valence-electron chi connectivity index (χ3n) is 9.14. The number of aliphatic hydroxyl groups excluding tert-OH is 1. The molecule has 6 atom stereocenters. The first-order valence-electron chi connectivity index (χ1n) is 15.1. The first kappa shape index (κ1) is 29.7. The van der Waals surface area contributed by atoms with Gasteiger partial charge in [-0.15, -0.1) is 11.8 Å². The van der Waals surface area contributed by atoms with Gasteiger partial charge in [0.25, 0.3) is 5.91 Å². The number of benzene rings is 1. The molecule has 2 saturated heterocycles. The summed E-state index contributed by atoms with van der Waals surface area (Å²) in [7, 11) is 0. The lowest BCUT2D eigenvalue weighted by Crippen LogP contribution is -2.57. The Balaban J connectivity index is 1.59. The van der Waals surface area contributed by atoms with Crippen LogP contribution in [0.1, 0.15) is 47.0 Å². The van der Waals surface area contributed by atoms with Gasteiger partial charge >= 0.3 is 5.97 Å². The summed E-state index contributed by atoms with van der Waals surface area (Å²) in [4.78, 5) is 48.3. The van der Waals surface area contributed by atoms with Crippen molar-refractivity contribution in [3.05, 3.63) is 48.6 Å². The number of hydrogen-bond donors (Lipinski definition) is 1. The van der Waals surface area contributed by atoms with Crippen molar-refractivity contribution < 1.29 is 24.2 Å². The van der Waals surface area contributed by atoms with E-state index in [1.165, 1.54) is 11.8 Å². The van der Waals surface area contributed by atoms with E-state index in [1.807, 2.05) is 56.3 Å². The maximum absolute atomic E-state index is 14.7. The molecular weight excluding hydrogens is 538 g/mol. The number of ether oxygens (including phenoxy) is 1. The van der Waals surface area contributed by atoms with Crippen LogP contribution < -0.4 is 9.80 Å². The summed E-state index contributed by atoms with van der Waals surface area (Å²) in [5.41, 5.74) is 1.85. The van der Waals surface area contributed by atoms with Crippen molar-refractivity contribution in [3.63, 3.8) is 0 Å². The molecule has 2 fully saturated rings. The number of allylic oxidation sites excluding steroid dienone is 1. The van der Waals surface area contributed by atoms with E-state index in [0.29, 0.717) is 13.2 Å². The third-order valence-corrected chi connectivity index (χ3v) is 10.9. The highest BCUT2D eigenvalue weighted by atomic mass is 32.2. The van der Waals surface area contributed by atoms with E-state index in [9.17, 15) is 19.5 Å². The van der Waals surface area contributed by atoms with Crippen LogP contribution >= 0.6 is 11.8 Å². The monoisotopic (exact) mass is 581 g/mol. The number of amides is 2. The van der Waals surface area contributed by atoms with Crippen molar-refractivity contribution in [2.45, 2.75) is 69.0 Å². The van der Waals surface area contributed by atoms with Crippen molar-refractivity contribution in [2.24, 2.45) is 17.8 Å². The highest BCUT2D eigenvalue weighted by molar-refractivity contribution is 8.02. The van der Waals surface area contributed by atoms with Crippen LogP contribution in [0, 0.1) is 17.8 Å². The number of carbonyl (C=O) groups is 3. The maximum Gasteiger partial charge on any atom is 0.311 e. The van der Waals surface area contributed by atoms with Crippen LogP contribution in [0.2, 0.25) is 0 Å². The number of hydrogen-bond acceptors (Lipinski definition) is 7. The second-order valence-electron chi connectivity index (χ2n) is 11.7. The minimum Gasteiger partial charge on any atom is -0.465 e. The van der Waals surface area contributed by atoms with E-state index in [2.05, 4.69) is 24.8 Å². The van der Waals surface area contributed by atoms with Crippen LogP contribution in [0.25, 0.3) is 0 Å². The molecule has 4 aliphatic rings. The standard InChI is InChI=1S/C32H43N3O5S/c1-5-33(6-2)22-13-15-23(16-14-22)34-18-11-17-32-27(26-25(41-32)12-9-7-8-10-19-40-31(26)39)29(37)35(28(32)30(34)38)24(20-36)21(3)4/h9,11-17,21,24-28,36H,5-8,10,18-20H2,1-4H3/b12-9-/t24-,25+,26-,27-,28?,32-/m0/s1. The molecule has 4 aliphatic heterocycles. The van der Waals surface area contributed by atoms with E-state index in [1.54, 1.807) is 9.80 Å². The van der Waals surface area contributed by atoms with Gasteiger partial charge < -0.3 is 24.5 Å². The molecule has 222 valence electrons. The van der Waals surface area contributed by atoms with Gasteiger partial charge in [-0.05, 0) is 63.3 Å². The van der Waals surface area contributed by atoms with E-state index in [4.69, 9.17) is 4.74 Å². The number of carbonyl (C=O) groups excluding carboxylic acids is 3. The summed E-state index contributed by atoms with van der Waals surface area (Å²) in [6, 6.07) is 6.58. The lowest BCUT2D eigenvalue weighted by molar-refractivity contribution is -0.153. The Kier molecular flexibility index (Phi) is 8.85. The van der Waals surface area contributed by atoms with Gasteiger partial charge in [0.2, 0.25) is 5.91 Å². The zero-order valence-corrected chi connectivity index (χ0v) is 25.4. The maximum atomic E-state index is 14.7. The van der Waals surface area contributed by atoms with Crippen molar-refractivity contribution in [3.8, 4) is 0 Å². The van der Waals surface area contributed by atoms with Gasteiger partial charge in [-0.25, -0.2) is 0 Å². The van der Waals surface area contributed by atoms with Crippen molar-refractivity contribution >= 4 is 40.9 Å². The fourth-order valence-electron chi connectivity index (χ4n) is 7.00. The molecular formula is C32H43N3O5S. The van der Waals surface area contributed by atoms with Gasteiger partial charge in [0.1, 0.15) is 6.04 Å². The van der Waals surface area contributed by atoms with E-state index in [-0.39, 0.29) is 35.6 Å². The molecule has 0 bridgehead atoms. The average Bonchev–Trinajstić information content (AvgIpc) is 3.35. The van der Waals surface area contributed by atoms with E-state index >= 15 is 0 Å². The Morgan fingerprint density at radius 3 is 2.46 bits per heavy atom. The number of aliphatic hydroxyl groups is 1. The average molecular weight is 582 g/mol. The highest BCUT2D eigenvalue weighted by Gasteiger charge is 2.71. The first-order chi connectivity index (χ1) is 19.8. The zero-order chi connectivity index (χ0) is 29.3. The van der Waals surface area contributed by atoms with Gasteiger partial charge in [0, 0.05) is 36.3 Å². The van der Waals surface area contributed by atoms with Crippen molar-refractivity contribution in [1.82, 2.24) is 4.90 Å². The summed E-state index contributed by atoms with van der Waals surface area (Å²) in [5.74, 6) is -2.34. The van der Waals surface area contributed by atoms with Gasteiger partial charge in [-0.1, -0.05) is 38.2 Å². The molecule has 0 saturated carbocycles. The predicted molar refractivity (Wildman–Crippen MR) is 163 cm³/mol. The Morgan fingerprint density at radius 1 is 1.07 bits per heavy atom. The lowest BCUT2D eigenvalue weighted by atomic mass is 9.78. The smallest absolute Gasteiger partial charge is 0.311 e. The molecule has 4 heterocycles. The number of rotatable bonds is 7. The van der Waals surface area contributed by atoms with Crippen LogP contribution in [0.5, 0.6) is 0 Å². The quantitative estimate of drug-likeness (QED) is 0.384. The molecule has 8 nitrogen and oxygen atoms in total. The summed E-state index contributed by atoms with van der Waals surface area (Å²) in [6.07, 6.45) is 10.7. The highest BCUT2D eigenvalue weighted by Crippen LogP contribution is 2.61. The number of anilines is 2. The molecule has 1 unspecified atom stereocenters. The van der Waals surface area contributed by atoms with Gasteiger partial charge in [0.05, 0.1) is 35.8 Å². The molecule has 1 aromatic rings. The molecule has 5 rings (SSSR count). The van der Waals surface area contributed by atoms with Crippen LogP contribution in [0.3, 0.4) is 0 Å². The molecule has 0 radical (unpaired) electrons. The molecule has 9 heteroatoms. The van der Waals surface area contributed by atoms with E-state index in [0.717, 1.165) is 43.7 Å². The largest absolute Gasteiger partial charge is 0.465 e. The fraction of sp³-hybridized carbons (Fsp3) is 0.594. The van der Waals surface area contributed by atoms with Crippen molar-refractivity contribution in [2.75, 3.05) is 42.6 Å². The normalized spacial score (nSPS) is 31.3. The first-order valence-corrected chi connectivity index (χ1v) is 15.9. The lowest BCUT2D eigenvalue weighted by Gasteiger charge is -2.39. The molecule has 1 spiro atoms. The molecule has 0 aromatic heterocycles. The van der Waals surface area contributed by atoms with Gasteiger partial charge in [-0.2, -0.15) is 0 Å². The Morgan fingerprint density at radius 2 is 1.80 bits per heavy atom. The molecule has 1 aromatic carbocycles. The van der Waals surface area contributed by atoms with Crippen LogP contribution in [0.4, 0.5) is 11.4 Å². The summed E-state index contributed by atoms with van der Waals surface area (Å²) in [5, 5.41) is 10.2. The molecule has 2 amide bonds. The Bertz CT molecular complexity index is 1200. The second kappa shape index (κ2) is 12.2. The SMILES string of the molecule is CCN(CC)c1ccc(N2CC=C[C@]34S[C@@H]5/C=C\CCCCOC(=O)[C@@H]5[C@H]3C(=O)N([C@@H](CO)C(C)C)C4C2=O)cc1. The number of fused-ring (bicyclic) bond motifs is 2. The molecule has 0 aliphatic carbocycles. The van der Waals surface area contributed by atoms with Crippen molar-refractivity contribution in [1.29, 1.82) is 0 Å². The summed E-state index contributed by atoms with van der Waals surface area (Å²) >= 11 is 1.54. The Hall–Kier alpha value is -2.78. The molecule has 1 N–H and O–H groups in total. The van der Waals surface area contributed by atoms with E-state index < -0.39 is 28.7 Å². The summed E-state index contributed by atoms with van der Waals surface area (Å²) < 4.78 is 4.76. The second-order valence-corrected chi connectivity index (χ2v) is 13.2. The zero-order valence-electron chi connectivity index (χ0n) is 24.6.